The molecule has 0 bridgehead atoms. The molecule has 0 aliphatic rings. The Bertz CT molecular complexity index is 4060. The molecule has 9 aromatic rings. The van der Waals surface area contributed by atoms with Crippen molar-refractivity contribution in [3.05, 3.63) is 340 Å². The van der Waals surface area contributed by atoms with Gasteiger partial charge in [-0.3, -0.25) is 70.8 Å². The average Bonchev–Trinajstić information content (AvgIpc) is 1.26. The Hall–Kier alpha value is -11.1. The molecule has 1 N–H and O–H groups in total. The normalized spacial score (nSPS) is 10.5. The van der Waals surface area contributed by atoms with Crippen molar-refractivity contribution >= 4 is 51.4 Å². The lowest BCUT2D eigenvalue weighted by Crippen LogP contribution is -2.07. The number of hydrogen-bond donors (Lipinski definition) is 1. The van der Waals surface area contributed by atoms with Crippen molar-refractivity contribution in [2.45, 2.75) is 80.6 Å². The van der Waals surface area contributed by atoms with E-state index in [9.17, 15) is 75.9 Å². The predicted molar refractivity (Wildman–Crippen MR) is 338 cm³/mol. The lowest BCUT2D eigenvalue weighted by atomic mass is 9.90. The van der Waals surface area contributed by atoms with Gasteiger partial charge in [0.2, 0.25) is 0 Å². The zero-order valence-electron chi connectivity index (χ0n) is 49.4. The molecule has 9 aromatic carbocycles. The minimum Gasteiger partial charge on any atom is -0.508 e. The van der Waals surface area contributed by atoms with E-state index in [4.69, 9.17) is 11.6 Å². The number of phenols is 1. The third-order valence-electron chi connectivity index (χ3n) is 15.2. The van der Waals surface area contributed by atoms with Gasteiger partial charge in [0.25, 0.3) is 39.8 Å². The molecular weight excluding hydrogens is 1170 g/mol. The number of aryl methyl sites for hydroxylation is 2. The molecule has 0 aromatic heterocycles. The fourth-order valence-electron chi connectivity index (χ4n) is 10.0. The van der Waals surface area contributed by atoms with Crippen LogP contribution >= 0.6 is 11.6 Å². The molecule has 9 rings (SSSR count). The van der Waals surface area contributed by atoms with Crippen molar-refractivity contribution in [3.8, 4) is 5.75 Å². The van der Waals surface area contributed by atoms with Gasteiger partial charge in [-0.05, 0) is 110 Å². The van der Waals surface area contributed by atoms with E-state index in [1.165, 1.54) is 13.0 Å². The van der Waals surface area contributed by atoms with E-state index in [0.29, 0.717) is 64.6 Å². The Morgan fingerprint density at radius 2 is 0.607 bits per heavy atom. The SMILES string of the molecule is Cc1c(Cc2ccccc2)c([N+](=O)[O-])cc([N+](=O)[O-])c1Cc1ccccc1.Cc1c([N+](=O)[O-])cc([N+](=O)[O-])c(Cc2ccccc2)c1C.Cc1ccc([N+](=O)[O-])c(Cc2ccccc2)c1C.Cc1cccc(O)c1Cc1c([N+](=O)[O-])cc([N+](=O)[O-])c(Cl)c1C. The molecule has 0 unspecified atom stereocenters. The fraction of sp³-hybridized carbons (Fsp3) is 0.182. The lowest BCUT2D eigenvalue weighted by molar-refractivity contribution is -0.395. The number of nitro groups is 7. The second kappa shape index (κ2) is 30.3. The maximum absolute atomic E-state index is 11.6. The minimum absolute atomic E-state index is 0.00757. The van der Waals surface area contributed by atoms with E-state index in [-0.39, 0.29) is 67.4 Å². The van der Waals surface area contributed by atoms with Crippen LogP contribution in [-0.2, 0) is 32.1 Å². The van der Waals surface area contributed by atoms with Crippen LogP contribution in [0.5, 0.6) is 5.75 Å². The summed E-state index contributed by atoms with van der Waals surface area (Å²) in [7, 11) is 0. The number of hydrogen-bond acceptors (Lipinski definition) is 15. The first-order valence-electron chi connectivity index (χ1n) is 27.3. The van der Waals surface area contributed by atoms with E-state index < -0.39 is 35.2 Å². The Kier molecular flexibility index (Phi) is 22.8. The van der Waals surface area contributed by atoms with E-state index in [1.807, 2.05) is 141 Å². The zero-order valence-corrected chi connectivity index (χ0v) is 50.1. The van der Waals surface area contributed by atoms with E-state index in [0.717, 1.165) is 62.7 Å². The van der Waals surface area contributed by atoms with Gasteiger partial charge >= 0.3 is 0 Å². The number of aromatic hydroxyl groups is 1. The van der Waals surface area contributed by atoms with Gasteiger partial charge in [-0.2, -0.15) is 0 Å². The van der Waals surface area contributed by atoms with Gasteiger partial charge in [0.05, 0.1) is 52.7 Å². The molecule has 0 atom stereocenters. The summed E-state index contributed by atoms with van der Waals surface area (Å²) in [6.07, 6.45) is 1.73. The number of halogens is 1. The Morgan fingerprint density at radius 1 is 0.292 bits per heavy atom. The zero-order chi connectivity index (χ0) is 65.4. The van der Waals surface area contributed by atoms with Gasteiger partial charge in [0, 0.05) is 77.1 Å². The molecule has 0 spiro atoms. The second-order valence-corrected chi connectivity index (χ2v) is 21.1. The molecule has 0 amide bonds. The summed E-state index contributed by atoms with van der Waals surface area (Å²) in [5.74, 6) is 0.00757. The van der Waals surface area contributed by atoms with Crippen LogP contribution in [0, 0.1) is 119 Å². The number of rotatable bonds is 17. The van der Waals surface area contributed by atoms with Crippen LogP contribution in [0.3, 0.4) is 0 Å². The van der Waals surface area contributed by atoms with Crippen molar-refractivity contribution in [3.63, 3.8) is 0 Å². The quantitative estimate of drug-likeness (QED) is 0.0654. The summed E-state index contributed by atoms with van der Waals surface area (Å²) in [6, 6.07) is 49.3. The number of nitrogens with zero attached hydrogens (tertiary/aromatic N) is 7. The van der Waals surface area contributed by atoms with E-state index in [1.54, 1.807) is 45.9 Å². The van der Waals surface area contributed by atoms with Crippen LogP contribution in [0.15, 0.2) is 170 Å². The highest BCUT2D eigenvalue weighted by Crippen LogP contribution is 2.40. The average molecular weight is 1230 g/mol. The molecule has 0 heterocycles. The first kappa shape index (κ1) is 67.0. The Labute approximate surface area is 515 Å². The van der Waals surface area contributed by atoms with Crippen LogP contribution in [0.2, 0.25) is 5.02 Å². The molecule has 0 saturated carbocycles. The molecule has 0 saturated heterocycles. The summed E-state index contributed by atoms with van der Waals surface area (Å²) >= 11 is 5.99. The van der Waals surface area contributed by atoms with Crippen LogP contribution in [0.4, 0.5) is 39.8 Å². The van der Waals surface area contributed by atoms with Crippen molar-refractivity contribution in [2.24, 2.45) is 0 Å². The summed E-state index contributed by atoms with van der Waals surface area (Å²) in [6.45, 7) is 12.2. The summed E-state index contributed by atoms with van der Waals surface area (Å²) < 4.78 is 0. The molecule has 0 aliphatic heterocycles. The van der Waals surface area contributed by atoms with Crippen molar-refractivity contribution < 1.29 is 39.6 Å². The molecular formula is C66H60ClN7O15. The Morgan fingerprint density at radius 3 is 0.955 bits per heavy atom. The van der Waals surface area contributed by atoms with Gasteiger partial charge in [-0.15, -0.1) is 0 Å². The highest BCUT2D eigenvalue weighted by atomic mass is 35.5. The maximum Gasteiger partial charge on any atom is 0.295 e. The fourth-order valence-corrected chi connectivity index (χ4v) is 10.3. The molecule has 23 heteroatoms. The number of benzene rings is 9. The molecule has 22 nitrogen and oxygen atoms in total. The van der Waals surface area contributed by atoms with Crippen molar-refractivity contribution in [1.82, 2.24) is 0 Å². The lowest BCUT2D eigenvalue weighted by Gasteiger charge is -2.13. The highest BCUT2D eigenvalue weighted by Gasteiger charge is 2.31. The number of nitro benzene ring substituents is 7. The smallest absolute Gasteiger partial charge is 0.295 e. The highest BCUT2D eigenvalue weighted by molar-refractivity contribution is 6.33. The van der Waals surface area contributed by atoms with Gasteiger partial charge in [-0.1, -0.05) is 151 Å². The summed E-state index contributed by atoms with van der Waals surface area (Å²) in [5, 5.41) is 88.6. The molecule has 0 radical (unpaired) electrons. The van der Waals surface area contributed by atoms with Gasteiger partial charge < -0.3 is 5.11 Å². The van der Waals surface area contributed by atoms with Crippen LogP contribution in [0.25, 0.3) is 0 Å². The molecule has 0 fully saturated rings. The monoisotopic (exact) mass is 1230 g/mol. The first-order valence-corrected chi connectivity index (χ1v) is 27.7. The molecule has 0 aliphatic carbocycles. The van der Waals surface area contributed by atoms with Gasteiger partial charge in [-0.25, -0.2) is 0 Å². The third-order valence-corrected chi connectivity index (χ3v) is 15.7. The summed E-state index contributed by atoms with van der Waals surface area (Å²) in [5.41, 5.74) is 10.3. The second-order valence-electron chi connectivity index (χ2n) is 20.7. The standard InChI is InChI=1S/C21H18N2O4.C15H13ClN2O5.C15H14N2O4.C15H15NO2/c1-15-18(12-16-8-4-2-5-9-16)20(22(24)25)14-21(23(26)27)19(15)13-17-10-6-3-7-11-17;1-8-4-3-5-14(19)10(8)6-11-9(2)15(16)13(18(22)23)7-12(11)17(20)21;1-10-11(2)14(16(18)19)9-15(17(20)21)13(10)8-12-6-4-3-5-7-12;1-11-8-9-15(16(17)18)14(12(11)2)10-13-6-4-3-5-7-13/h2-11,14H,12-13H2,1H3;3-5,7,19H,6H2,1-2H3;3-7,9H,8H2,1-2H3;3-9H,10H2,1-2H3. The van der Waals surface area contributed by atoms with Crippen molar-refractivity contribution in [1.29, 1.82) is 0 Å². The third kappa shape index (κ3) is 16.9. The van der Waals surface area contributed by atoms with Crippen LogP contribution in [0.1, 0.15) is 94.6 Å². The molecule has 89 heavy (non-hydrogen) atoms. The maximum atomic E-state index is 11.6. The predicted octanol–water partition coefficient (Wildman–Crippen LogP) is 16.6. The largest absolute Gasteiger partial charge is 0.508 e. The molecule has 456 valence electrons. The first-order chi connectivity index (χ1) is 42.2. The summed E-state index contributed by atoms with van der Waals surface area (Å²) in [4.78, 5) is 74.8. The van der Waals surface area contributed by atoms with E-state index in [2.05, 4.69) is 0 Å². The van der Waals surface area contributed by atoms with E-state index >= 15 is 0 Å². The Balaban J connectivity index is 0.000000191. The number of phenolic OH excluding ortho intramolecular Hbond substituents is 1. The van der Waals surface area contributed by atoms with Crippen molar-refractivity contribution in [2.75, 3.05) is 0 Å². The van der Waals surface area contributed by atoms with Gasteiger partial charge in [0.15, 0.2) is 0 Å². The minimum atomic E-state index is -0.753. The van der Waals surface area contributed by atoms with Crippen LogP contribution < -0.4 is 0 Å². The van der Waals surface area contributed by atoms with Crippen LogP contribution in [-0.4, -0.2) is 39.6 Å². The van der Waals surface area contributed by atoms with Gasteiger partial charge in [0.1, 0.15) is 10.8 Å². The topological polar surface area (TPSA) is 322 Å².